The van der Waals surface area contributed by atoms with Crippen LogP contribution in [0.2, 0.25) is 0 Å². The van der Waals surface area contributed by atoms with Crippen LogP contribution in [0.4, 0.5) is 0 Å². The summed E-state index contributed by atoms with van der Waals surface area (Å²) in [6.45, 7) is 8.17. The van der Waals surface area contributed by atoms with Gasteiger partial charge in [-0.05, 0) is 31.9 Å². The van der Waals surface area contributed by atoms with Crippen LogP contribution in [0.15, 0.2) is 29.2 Å². The predicted molar refractivity (Wildman–Crippen MR) is 78.3 cm³/mol. The van der Waals surface area contributed by atoms with E-state index < -0.39 is 0 Å². The summed E-state index contributed by atoms with van der Waals surface area (Å²) in [6.07, 6.45) is 1.24. The average molecular weight is 262 g/mol. The van der Waals surface area contributed by atoms with Gasteiger partial charge in [0.15, 0.2) is 0 Å². The van der Waals surface area contributed by atoms with Crippen molar-refractivity contribution >= 4 is 11.8 Å². The second kappa shape index (κ2) is 5.24. The maximum atomic E-state index is 3.56. The van der Waals surface area contributed by atoms with E-state index in [0.29, 0.717) is 12.1 Å². The lowest BCUT2D eigenvalue weighted by molar-refractivity contribution is 0.147. The largest absolute Gasteiger partial charge is 0.311 e. The van der Waals surface area contributed by atoms with Gasteiger partial charge in [0.25, 0.3) is 0 Å². The Morgan fingerprint density at radius 3 is 3.00 bits per heavy atom. The molecule has 0 saturated carbocycles. The highest BCUT2D eigenvalue weighted by atomic mass is 32.2. The molecular weight excluding hydrogens is 240 g/mol. The number of thioether (sulfide) groups is 1. The van der Waals surface area contributed by atoms with Gasteiger partial charge >= 0.3 is 0 Å². The second-order valence-electron chi connectivity index (χ2n) is 5.66. The molecule has 1 N–H and O–H groups in total. The highest BCUT2D eigenvalue weighted by molar-refractivity contribution is 8.00. The van der Waals surface area contributed by atoms with E-state index in [9.17, 15) is 0 Å². The normalized spacial score (nSPS) is 32.4. The number of hydrogen-bond acceptors (Lipinski definition) is 3. The number of fused-ring (bicyclic) bond motifs is 1. The summed E-state index contributed by atoms with van der Waals surface area (Å²) in [5.74, 6) is 0. The summed E-state index contributed by atoms with van der Waals surface area (Å²) in [6, 6.07) is 10.2. The van der Waals surface area contributed by atoms with Gasteiger partial charge in [-0.1, -0.05) is 18.2 Å². The molecule has 98 valence electrons. The molecule has 2 aliphatic rings. The summed E-state index contributed by atoms with van der Waals surface area (Å²) in [4.78, 5) is 4.16. The summed E-state index contributed by atoms with van der Waals surface area (Å²) in [5, 5.41) is 4.30. The molecule has 1 saturated heterocycles. The van der Waals surface area contributed by atoms with Crippen molar-refractivity contribution < 1.29 is 0 Å². The van der Waals surface area contributed by atoms with Crippen LogP contribution in [0.3, 0.4) is 0 Å². The zero-order valence-electron chi connectivity index (χ0n) is 11.2. The van der Waals surface area contributed by atoms with E-state index in [0.717, 1.165) is 11.8 Å². The standard InChI is InChI=1S/C15H22N2S/c1-11-9-17(12(2)8-16-11)10-14-7-13-5-3-4-6-15(13)18-14/h3-6,11-12,14,16H,7-10H2,1-2H3. The van der Waals surface area contributed by atoms with Gasteiger partial charge in [-0.2, -0.15) is 0 Å². The van der Waals surface area contributed by atoms with E-state index in [4.69, 9.17) is 0 Å². The van der Waals surface area contributed by atoms with Crippen LogP contribution in [0.5, 0.6) is 0 Å². The molecule has 0 aromatic heterocycles. The van der Waals surface area contributed by atoms with Gasteiger partial charge in [-0.25, -0.2) is 0 Å². The maximum Gasteiger partial charge on any atom is 0.0263 e. The van der Waals surface area contributed by atoms with E-state index in [1.807, 2.05) is 0 Å². The Hall–Kier alpha value is -0.510. The number of nitrogens with zero attached hydrogens (tertiary/aromatic N) is 1. The van der Waals surface area contributed by atoms with E-state index in [1.165, 1.54) is 24.4 Å². The molecule has 0 spiro atoms. The molecule has 1 aromatic carbocycles. The summed E-state index contributed by atoms with van der Waals surface area (Å²) < 4.78 is 0. The quantitative estimate of drug-likeness (QED) is 0.881. The Kier molecular flexibility index (Phi) is 3.64. The first-order valence-electron chi connectivity index (χ1n) is 6.94. The molecule has 2 heterocycles. The first kappa shape index (κ1) is 12.5. The molecule has 0 bridgehead atoms. The Bertz CT molecular complexity index is 396. The van der Waals surface area contributed by atoms with Gasteiger partial charge in [-0.3, -0.25) is 4.90 Å². The molecule has 3 atom stereocenters. The minimum Gasteiger partial charge on any atom is -0.311 e. The molecule has 3 heteroatoms. The molecule has 0 aliphatic carbocycles. The van der Waals surface area contributed by atoms with Crippen LogP contribution in [-0.2, 0) is 6.42 Å². The molecule has 1 aromatic rings. The minimum atomic E-state index is 0.634. The van der Waals surface area contributed by atoms with Crippen molar-refractivity contribution in [3.8, 4) is 0 Å². The van der Waals surface area contributed by atoms with E-state index >= 15 is 0 Å². The fourth-order valence-corrected chi connectivity index (χ4v) is 4.32. The Morgan fingerprint density at radius 1 is 1.33 bits per heavy atom. The predicted octanol–water partition coefficient (Wildman–Crippen LogP) is 2.39. The molecule has 3 unspecified atom stereocenters. The third-order valence-corrected chi connectivity index (χ3v) is 5.35. The third-order valence-electron chi connectivity index (χ3n) is 4.05. The summed E-state index contributed by atoms with van der Waals surface area (Å²) in [7, 11) is 0. The molecule has 3 rings (SSSR count). The number of rotatable bonds is 2. The third kappa shape index (κ3) is 2.58. The van der Waals surface area contributed by atoms with E-state index in [1.54, 1.807) is 5.56 Å². The van der Waals surface area contributed by atoms with Crippen molar-refractivity contribution in [2.75, 3.05) is 19.6 Å². The first-order valence-corrected chi connectivity index (χ1v) is 7.82. The summed E-state index contributed by atoms with van der Waals surface area (Å²) >= 11 is 2.07. The molecule has 2 nitrogen and oxygen atoms in total. The van der Waals surface area contributed by atoms with Crippen LogP contribution in [-0.4, -0.2) is 41.9 Å². The molecule has 0 amide bonds. The van der Waals surface area contributed by atoms with Gasteiger partial charge < -0.3 is 5.32 Å². The molecular formula is C15H22N2S. The molecule has 0 radical (unpaired) electrons. The fraction of sp³-hybridized carbons (Fsp3) is 0.600. The molecule has 18 heavy (non-hydrogen) atoms. The van der Waals surface area contributed by atoms with Crippen molar-refractivity contribution in [2.45, 2.75) is 42.5 Å². The Morgan fingerprint density at radius 2 is 2.17 bits per heavy atom. The Labute approximate surface area is 114 Å². The number of nitrogens with one attached hydrogen (secondary N) is 1. The van der Waals surface area contributed by atoms with Crippen LogP contribution in [0, 0.1) is 0 Å². The van der Waals surface area contributed by atoms with Crippen LogP contribution >= 0.6 is 11.8 Å². The summed E-state index contributed by atoms with van der Waals surface area (Å²) in [5.41, 5.74) is 1.54. The SMILES string of the molecule is CC1CN(CC2Cc3ccccc3S2)C(C)CN1. The number of benzene rings is 1. The van der Waals surface area contributed by atoms with Gasteiger partial charge in [0.05, 0.1) is 0 Å². The molecule has 1 fully saturated rings. The van der Waals surface area contributed by atoms with Crippen molar-refractivity contribution in [1.82, 2.24) is 10.2 Å². The lowest BCUT2D eigenvalue weighted by Gasteiger charge is -2.38. The van der Waals surface area contributed by atoms with Gasteiger partial charge in [-0.15, -0.1) is 11.8 Å². The van der Waals surface area contributed by atoms with Crippen LogP contribution < -0.4 is 5.32 Å². The zero-order chi connectivity index (χ0) is 12.5. The van der Waals surface area contributed by atoms with Crippen molar-refractivity contribution in [1.29, 1.82) is 0 Å². The fourth-order valence-electron chi connectivity index (χ4n) is 2.97. The highest BCUT2D eigenvalue weighted by Gasteiger charge is 2.28. The topological polar surface area (TPSA) is 15.3 Å². The zero-order valence-corrected chi connectivity index (χ0v) is 12.0. The van der Waals surface area contributed by atoms with Gasteiger partial charge in [0.2, 0.25) is 0 Å². The van der Waals surface area contributed by atoms with Gasteiger partial charge in [0.1, 0.15) is 0 Å². The minimum absolute atomic E-state index is 0.634. The van der Waals surface area contributed by atoms with Crippen molar-refractivity contribution in [2.24, 2.45) is 0 Å². The van der Waals surface area contributed by atoms with E-state index in [2.05, 4.69) is 60.1 Å². The number of hydrogen-bond donors (Lipinski definition) is 1. The average Bonchev–Trinajstić information content (AvgIpc) is 2.76. The lowest BCUT2D eigenvalue weighted by atomic mass is 10.1. The number of piperazine rings is 1. The van der Waals surface area contributed by atoms with Crippen LogP contribution in [0.1, 0.15) is 19.4 Å². The van der Waals surface area contributed by atoms with Gasteiger partial charge in [0, 0.05) is 41.9 Å². The second-order valence-corrected chi connectivity index (χ2v) is 7.01. The first-order chi connectivity index (χ1) is 8.72. The van der Waals surface area contributed by atoms with E-state index in [-0.39, 0.29) is 0 Å². The lowest BCUT2D eigenvalue weighted by Crippen LogP contribution is -2.55. The Balaban J connectivity index is 1.62. The smallest absolute Gasteiger partial charge is 0.0263 e. The van der Waals surface area contributed by atoms with Crippen molar-refractivity contribution in [3.63, 3.8) is 0 Å². The monoisotopic (exact) mass is 262 g/mol. The highest BCUT2D eigenvalue weighted by Crippen LogP contribution is 2.37. The molecule has 2 aliphatic heterocycles. The van der Waals surface area contributed by atoms with Crippen LogP contribution in [0.25, 0.3) is 0 Å². The van der Waals surface area contributed by atoms with Crippen molar-refractivity contribution in [3.05, 3.63) is 29.8 Å². The maximum absolute atomic E-state index is 3.56.